The lowest BCUT2D eigenvalue weighted by molar-refractivity contribution is 0.0957. The fourth-order valence-electron chi connectivity index (χ4n) is 3.58. The highest BCUT2D eigenvalue weighted by atomic mass is 79.9. The SMILES string of the molecule is CCc1cnc(C(=O)NC2=C3C(N4CCC[C@H](N)C4)=C(Br)C=NC3N=C2)nc1. The number of aliphatic imine (C=N–C) groups is 2. The minimum absolute atomic E-state index is 0.130. The number of piperidine rings is 1. The Bertz CT molecular complexity index is 903. The molecule has 3 aliphatic heterocycles. The Morgan fingerprint density at radius 1 is 1.32 bits per heavy atom. The number of fused-ring (bicyclic) bond motifs is 1. The van der Waals surface area contributed by atoms with Gasteiger partial charge < -0.3 is 16.0 Å². The van der Waals surface area contributed by atoms with Crippen LogP contribution in [0.2, 0.25) is 0 Å². The number of dihydropyridines is 1. The molecule has 1 saturated heterocycles. The Morgan fingerprint density at radius 3 is 2.79 bits per heavy atom. The Morgan fingerprint density at radius 2 is 2.07 bits per heavy atom. The Labute approximate surface area is 171 Å². The van der Waals surface area contributed by atoms with Gasteiger partial charge in [-0.1, -0.05) is 6.92 Å². The predicted octanol–water partition coefficient (Wildman–Crippen LogP) is 1.55. The largest absolute Gasteiger partial charge is 0.369 e. The first-order valence-corrected chi connectivity index (χ1v) is 10.2. The fraction of sp³-hybridized carbons (Fsp3) is 0.421. The highest BCUT2D eigenvalue weighted by Gasteiger charge is 2.34. The van der Waals surface area contributed by atoms with Crippen molar-refractivity contribution in [2.75, 3.05) is 13.1 Å². The number of aryl methyl sites for hydroxylation is 1. The highest BCUT2D eigenvalue weighted by molar-refractivity contribution is 9.12. The molecular weight excluding hydrogens is 422 g/mol. The summed E-state index contributed by atoms with van der Waals surface area (Å²) in [5, 5.41) is 2.91. The summed E-state index contributed by atoms with van der Waals surface area (Å²) < 4.78 is 0.869. The van der Waals surface area contributed by atoms with Crippen molar-refractivity contribution in [2.24, 2.45) is 15.7 Å². The second-order valence-corrected chi connectivity index (χ2v) is 7.88. The maximum absolute atomic E-state index is 12.7. The molecule has 1 aromatic rings. The Balaban J connectivity index is 1.62. The Kier molecular flexibility index (Phi) is 5.36. The molecule has 1 fully saturated rings. The quantitative estimate of drug-likeness (QED) is 0.733. The van der Waals surface area contributed by atoms with Crippen LogP contribution in [0.25, 0.3) is 0 Å². The number of allylic oxidation sites excluding steroid dienone is 2. The summed E-state index contributed by atoms with van der Waals surface area (Å²) in [7, 11) is 0. The smallest absolute Gasteiger partial charge is 0.293 e. The van der Waals surface area contributed by atoms with Crippen LogP contribution in [0, 0.1) is 0 Å². The van der Waals surface area contributed by atoms with E-state index in [0.29, 0.717) is 5.70 Å². The van der Waals surface area contributed by atoms with Gasteiger partial charge in [-0.15, -0.1) is 0 Å². The van der Waals surface area contributed by atoms with Gasteiger partial charge in [-0.3, -0.25) is 14.8 Å². The molecular formula is C19H22BrN7O. The minimum atomic E-state index is -0.363. The van der Waals surface area contributed by atoms with Gasteiger partial charge in [0, 0.05) is 49.5 Å². The summed E-state index contributed by atoms with van der Waals surface area (Å²) in [6, 6.07) is 0.130. The third kappa shape index (κ3) is 3.64. The van der Waals surface area contributed by atoms with Crippen molar-refractivity contribution in [3.05, 3.63) is 45.2 Å². The van der Waals surface area contributed by atoms with E-state index >= 15 is 0 Å². The standard InChI is InChI=1S/C19H22BrN7O/c1-2-11-6-22-18(23-7-11)19(28)26-14-9-25-17-15(14)16(13(20)8-24-17)27-5-3-4-12(21)10-27/h6-9,12,17H,2-5,10,21H2,1H3,(H,26,28)/t12-,17?/m0/s1. The van der Waals surface area contributed by atoms with Gasteiger partial charge in [0.2, 0.25) is 5.82 Å². The topological polar surface area (TPSA) is 109 Å². The first-order valence-electron chi connectivity index (χ1n) is 9.40. The normalized spacial score (nSPS) is 24.0. The number of hydrogen-bond donors (Lipinski definition) is 2. The van der Waals surface area contributed by atoms with Crippen molar-refractivity contribution < 1.29 is 4.79 Å². The van der Waals surface area contributed by atoms with Crippen molar-refractivity contribution in [2.45, 2.75) is 38.4 Å². The van der Waals surface area contributed by atoms with E-state index in [1.807, 2.05) is 6.92 Å². The first-order chi connectivity index (χ1) is 13.6. The molecule has 1 unspecified atom stereocenters. The summed E-state index contributed by atoms with van der Waals surface area (Å²) >= 11 is 3.62. The van der Waals surface area contributed by atoms with Crippen LogP contribution in [0.4, 0.5) is 0 Å². The van der Waals surface area contributed by atoms with Crippen molar-refractivity contribution >= 4 is 34.3 Å². The van der Waals surface area contributed by atoms with Crippen molar-refractivity contribution in [1.29, 1.82) is 0 Å². The number of carbonyl (C=O) groups excluding carboxylic acids is 1. The number of nitrogens with one attached hydrogen (secondary N) is 1. The summed E-state index contributed by atoms with van der Waals surface area (Å²) in [5.41, 5.74) is 9.66. The second kappa shape index (κ2) is 7.92. The number of hydrogen-bond acceptors (Lipinski definition) is 7. The molecule has 2 atom stereocenters. The molecule has 0 spiro atoms. The average Bonchev–Trinajstić information content (AvgIpc) is 3.10. The third-order valence-electron chi connectivity index (χ3n) is 5.04. The molecule has 1 amide bonds. The third-order valence-corrected chi connectivity index (χ3v) is 5.62. The number of nitrogens with two attached hydrogens (primary N) is 1. The van der Waals surface area contributed by atoms with Gasteiger partial charge in [0.25, 0.3) is 5.91 Å². The van der Waals surface area contributed by atoms with Crippen molar-refractivity contribution in [3.63, 3.8) is 0 Å². The average molecular weight is 444 g/mol. The molecule has 0 aromatic carbocycles. The zero-order valence-electron chi connectivity index (χ0n) is 15.6. The van der Waals surface area contributed by atoms with Crippen LogP contribution >= 0.6 is 15.9 Å². The van der Waals surface area contributed by atoms with Gasteiger partial charge in [0.05, 0.1) is 15.9 Å². The van der Waals surface area contributed by atoms with E-state index < -0.39 is 0 Å². The molecule has 4 heterocycles. The molecule has 0 saturated carbocycles. The second-order valence-electron chi connectivity index (χ2n) is 7.02. The number of rotatable bonds is 4. The van der Waals surface area contributed by atoms with E-state index in [1.165, 1.54) is 0 Å². The summed E-state index contributed by atoms with van der Waals surface area (Å²) in [4.78, 5) is 32.1. The molecule has 1 aromatic heterocycles. The van der Waals surface area contributed by atoms with Crippen LogP contribution < -0.4 is 11.1 Å². The fourth-order valence-corrected chi connectivity index (χ4v) is 4.17. The van der Waals surface area contributed by atoms with Crippen LogP contribution in [0.1, 0.15) is 35.9 Å². The molecule has 4 rings (SSSR count). The maximum Gasteiger partial charge on any atom is 0.293 e. The van der Waals surface area contributed by atoms with Gasteiger partial charge in [0.1, 0.15) is 0 Å². The maximum atomic E-state index is 12.7. The number of halogens is 1. The van der Waals surface area contributed by atoms with E-state index in [0.717, 1.165) is 53.7 Å². The highest BCUT2D eigenvalue weighted by Crippen LogP contribution is 2.35. The van der Waals surface area contributed by atoms with Crippen molar-refractivity contribution in [1.82, 2.24) is 20.2 Å². The molecule has 28 heavy (non-hydrogen) atoms. The number of likely N-dealkylation sites (tertiary alicyclic amines) is 1. The van der Waals surface area contributed by atoms with Gasteiger partial charge >= 0.3 is 0 Å². The van der Waals surface area contributed by atoms with E-state index in [9.17, 15) is 4.79 Å². The molecule has 0 radical (unpaired) electrons. The number of carbonyl (C=O) groups is 1. The molecule has 3 aliphatic rings. The van der Waals surface area contributed by atoms with Crippen LogP contribution in [-0.2, 0) is 6.42 Å². The van der Waals surface area contributed by atoms with Gasteiger partial charge in [-0.05, 0) is 40.8 Å². The van der Waals surface area contributed by atoms with E-state index in [-0.39, 0.29) is 23.9 Å². The monoisotopic (exact) mass is 443 g/mol. The van der Waals surface area contributed by atoms with Crippen LogP contribution in [-0.4, -0.2) is 58.5 Å². The molecule has 0 aliphatic carbocycles. The number of aromatic nitrogens is 2. The number of nitrogens with zero attached hydrogens (tertiary/aromatic N) is 5. The van der Waals surface area contributed by atoms with Crippen molar-refractivity contribution in [3.8, 4) is 0 Å². The minimum Gasteiger partial charge on any atom is -0.369 e. The summed E-state index contributed by atoms with van der Waals surface area (Å²) in [5.74, 6) is -0.233. The number of amides is 1. The van der Waals surface area contributed by atoms with Crippen LogP contribution in [0.3, 0.4) is 0 Å². The lowest BCUT2D eigenvalue weighted by Crippen LogP contribution is -2.44. The lowest BCUT2D eigenvalue weighted by atomic mass is 10.0. The summed E-state index contributed by atoms with van der Waals surface area (Å²) in [6.45, 7) is 3.68. The molecule has 0 bridgehead atoms. The molecule has 9 heteroatoms. The van der Waals surface area contributed by atoms with Crippen LogP contribution in [0.15, 0.2) is 43.8 Å². The molecule has 3 N–H and O–H groups in total. The van der Waals surface area contributed by atoms with E-state index in [2.05, 4.69) is 46.1 Å². The van der Waals surface area contributed by atoms with Crippen LogP contribution in [0.5, 0.6) is 0 Å². The van der Waals surface area contributed by atoms with E-state index in [4.69, 9.17) is 5.73 Å². The lowest BCUT2D eigenvalue weighted by Gasteiger charge is -2.37. The Hall–Kier alpha value is -2.39. The van der Waals surface area contributed by atoms with Gasteiger partial charge in [-0.2, -0.15) is 0 Å². The zero-order valence-corrected chi connectivity index (χ0v) is 17.2. The zero-order chi connectivity index (χ0) is 19.7. The molecule has 146 valence electrons. The van der Waals surface area contributed by atoms with Gasteiger partial charge in [-0.25, -0.2) is 9.97 Å². The van der Waals surface area contributed by atoms with Gasteiger partial charge in [0.15, 0.2) is 6.17 Å². The van der Waals surface area contributed by atoms with E-state index in [1.54, 1.807) is 24.8 Å². The summed E-state index contributed by atoms with van der Waals surface area (Å²) in [6.07, 6.45) is 9.30. The molecule has 8 nitrogen and oxygen atoms in total. The predicted molar refractivity (Wildman–Crippen MR) is 111 cm³/mol. The first kappa shape index (κ1) is 18.9.